The van der Waals surface area contributed by atoms with E-state index in [0.29, 0.717) is 41.4 Å². The molecule has 0 saturated carbocycles. The highest BCUT2D eigenvalue weighted by Gasteiger charge is 2.45. The number of nitrogens with zero attached hydrogens (tertiary/aromatic N) is 9. The van der Waals surface area contributed by atoms with Gasteiger partial charge >= 0.3 is 40.9 Å². The first-order valence-corrected chi connectivity index (χ1v) is 34.6. The highest BCUT2D eigenvalue weighted by atomic mass is 32.2. The number of hydrogen-bond acceptors (Lipinski definition) is 14. The number of esters is 1. The van der Waals surface area contributed by atoms with Crippen LogP contribution >= 0.6 is 0 Å². The lowest BCUT2D eigenvalue weighted by molar-refractivity contribution is -0.156. The Morgan fingerprint density at radius 2 is 0.952 bits per heavy atom. The van der Waals surface area contributed by atoms with E-state index in [1.165, 1.54) is 58.3 Å². The molecule has 1 amide bonds. The molecule has 7 heterocycles. The van der Waals surface area contributed by atoms with Crippen LogP contribution in [0.4, 0.5) is 44.3 Å². The number of aliphatic imine (C=N–C) groups is 1. The second kappa shape index (κ2) is 32.6. The Hall–Kier alpha value is -10.6. The highest BCUT2D eigenvalue weighted by molar-refractivity contribution is 7.85. The summed E-state index contributed by atoms with van der Waals surface area (Å²) in [6.45, 7) is 11.6. The van der Waals surface area contributed by atoms with Crippen LogP contribution in [0.5, 0.6) is 0 Å². The van der Waals surface area contributed by atoms with E-state index in [1.54, 1.807) is 75.7 Å². The van der Waals surface area contributed by atoms with Gasteiger partial charge in [-0.05, 0) is 195 Å². The standard InChI is InChI=1S/C28H28F3N3O2.C22H19F3N4.C15H18F3NO5S.C13H10N2/c1-27(2,3)36-26(35)13-20(12-19-4-8-25(9-5-19)28(29,30)31)17-34-18-24(16-33-34)21-6-7-23-15-32-11-10-22(23)14-21;23-22(24,25)20-5-1-15(2-6-20)9-21(26)14-29-13-19(12-28-29)16-3-4-18-11-27-8-7-17(18)10-16;1-14(2,3)24-13(20)19-12(9-23-25(19,21)22)8-10-4-6-11(7-5-10)15(16,17)18;1-2-12-8-14-5-3-11(12)7-10(1)13-4-6-15-9-13/h4-11,14-16,18,20H,12-13,17H2,1-3H3;1-8,10-13,21H,9,14,26H2;4-7,12H,8-9H2,1-3H3;1-5,7-9H,6H2/t20-;21-;12-;/m100./s1. The lowest BCUT2D eigenvalue weighted by atomic mass is 9.95. The molecule has 17 nitrogen and oxygen atoms in total. The lowest BCUT2D eigenvalue weighted by Gasteiger charge is -2.26. The minimum Gasteiger partial charge on any atom is -0.460 e. The molecule has 1 saturated heterocycles. The Morgan fingerprint density at radius 3 is 1.39 bits per heavy atom. The molecule has 2 N–H and O–H groups in total. The van der Waals surface area contributed by atoms with Gasteiger partial charge in [-0.1, -0.05) is 78.9 Å². The predicted octanol–water partition coefficient (Wildman–Crippen LogP) is 17.2. The summed E-state index contributed by atoms with van der Waals surface area (Å²) in [7, 11) is -4.28. The smallest absolute Gasteiger partial charge is 0.426 e. The summed E-state index contributed by atoms with van der Waals surface area (Å²) in [6, 6.07) is 37.9. The molecule has 13 rings (SSSR count). The Morgan fingerprint density at radius 1 is 0.524 bits per heavy atom. The summed E-state index contributed by atoms with van der Waals surface area (Å²) in [6.07, 6.45) is 9.07. The molecule has 548 valence electrons. The van der Waals surface area contributed by atoms with Crippen LogP contribution in [-0.4, -0.2) is 102 Å². The van der Waals surface area contributed by atoms with E-state index in [-0.39, 0.29) is 37.4 Å². The predicted molar refractivity (Wildman–Crippen MR) is 383 cm³/mol. The molecule has 0 aliphatic carbocycles. The Bertz CT molecular complexity index is 4990. The largest absolute Gasteiger partial charge is 0.460 e. The third-order valence-electron chi connectivity index (χ3n) is 16.5. The molecular formula is C78H75F9N10O7S. The first-order valence-electron chi connectivity index (χ1n) is 33.2. The molecule has 2 aliphatic heterocycles. The third-order valence-corrected chi connectivity index (χ3v) is 17.8. The highest BCUT2D eigenvalue weighted by Crippen LogP contribution is 2.34. The molecule has 0 radical (unpaired) electrons. The molecule has 0 bridgehead atoms. The number of amides is 1. The Labute approximate surface area is 600 Å². The van der Waals surface area contributed by atoms with Gasteiger partial charge in [0.05, 0.1) is 61.2 Å². The number of nitrogens with two attached hydrogens (primary N) is 1. The van der Waals surface area contributed by atoms with E-state index < -0.39 is 68.9 Å². The maximum Gasteiger partial charge on any atom is 0.426 e. The molecule has 11 aromatic rings. The molecule has 0 spiro atoms. The van der Waals surface area contributed by atoms with Gasteiger partial charge in [-0.3, -0.25) is 38.3 Å². The zero-order chi connectivity index (χ0) is 75.5. The van der Waals surface area contributed by atoms with Gasteiger partial charge < -0.3 is 15.2 Å². The molecule has 5 aromatic heterocycles. The normalized spacial score (nSPS) is 15.0. The van der Waals surface area contributed by atoms with Gasteiger partial charge in [0.15, 0.2) is 0 Å². The first-order chi connectivity index (χ1) is 49.6. The van der Waals surface area contributed by atoms with Crippen molar-refractivity contribution in [2.24, 2.45) is 16.6 Å². The molecule has 1 fully saturated rings. The van der Waals surface area contributed by atoms with Crippen molar-refractivity contribution in [1.29, 1.82) is 0 Å². The number of rotatable bonds is 15. The number of pyridine rings is 3. The fourth-order valence-corrected chi connectivity index (χ4v) is 12.7. The molecule has 2 aliphatic rings. The molecular weight excluding hydrogens is 1390 g/mol. The van der Waals surface area contributed by atoms with Crippen LogP contribution in [-0.2, 0) is 79.6 Å². The minimum atomic E-state index is -4.46. The van der Waals surface area contributed by atoms with Gasteiger partial charge in [0.2, 0.25) is 0 Å². The van der Waals surface area contributed by atoms with Gasteiger partial charge in [-0.25, -0.2) is 4.79 Å². The van der Waals surface area contributed by atoms with Crippen molar-refractivity contribution < 1.29 is 71.2 Å². The maximum absolute atomic E-state index is 13.0. The molecule has 3 atom stereocenters. The van der Waals surface area contributed by atoms with Crippen molar-refractivity contribution >= 4 is 66.5 Å². The quantitative estimate of drug-likeness (QED) is 0.0748. The van der Waals surface area contributed by atoms with Crippen LogP contribution in [0.1, 0.15) is 86.9 Å². The Kier molecular flexibility index (Phi) is 23.9. The summed E-state index contributed by atoms with van der Waals surface area (Å²) in [4.78, 5) is 41.3. The van der Waals surface area contributed by atoms with Crippen molar-refractivity contribution in [2.45, 2.75) is 122 Å². The molecule has 0 unspecified atom stereocenters. The number of ether oxygens (including phenoxy) is 2. The maximum atomic E-state index is 13.0. The molecule has 105 heavy (non-hydrogen) atoms. The third kappa shape index (κ3) is 22.0. The second-order valence-corrected chi connectivity index (χ2v) is 28.6. The van der Waals surface area contributed by atoms with Crippen molar-refractivity contribution in [2.75, 3.05) is 13.2 Å². The number of carbonyl (C=O) groups excluding carboxylic acids is 2. The molecule has 27 heteroatoms. The summed E-state index contributed by atoms with van der Waals surface area (Å²) >= 11 is 0. The fourth-order valence-electron chi connectivity index (χ4n) is 11.5. The van der Waals surface area contributed by atoms with E-state index in [4.69, 9.17) is 15.2 Å². The topological polar surface area (TPSA) is 212 Å². The van der Waals surface area contributed by atoms with Crippen LogP contribution in [0.3, 0.4) is 0 Å². The van der Waals surface area contributed by atoms with Crippen LogP contribution in [0.25, 0.3) is 60.1 Å². The lowest BCUT2D eigenvalue weighted by Crippen LogP contribution is -2.43. The van der Waals surface area contributed by atoms with Gasteiger partial charge in [-0.2, -0.15) is 62.4 Å². The van der Waals surface area contributed by atoms with E-state index in [1.807, 2.05) is 85.9 Å². The number of aromatic nitrogens is 7. The van der Waals surface area contributed by atoms with Crippen molar-refractivity contribution in [3.63, 3.8) is 0 Å². The van der Waals surface area contributed by atoms with E-state index in [0.717, 1.165) is 92.3 Å². The number of alkyl halides is 9. The summed E-state index contributed by atoms with van der Waals surface area (Å²) in [5, 5.41) is 15.6. The minimum absolute atomic E-state index is 0.0105. The average Bonchev–Trinajstić information content (AvgIpc) is 1.66. The van der Waals surface area contributed by atoms with Gasteiger partial charge in [0.1, 0.15) is 11.2 Å². The Balaban J connectivity index is 0.000000155. The van der Waals surface area contributed by atoms with Gasteiger partial charge in [0, 0.05) is 95.7 Å². The van der Waals surface area contributed by atoms with Crippen LogP contribution in [0.2, 0.25) is 0 Å². The van der Waals surface area contributed by atoms with Crippen molar-refractivity contribution in [3.05, 3.63) is 253 Å². The number of fused-ring (bicyclic) bond motifs is 3. The average molecular weight is 1470 g/mol. The molecule has 6 aromatic carbocycles. The monoisotopic (exact) mass is 1470 g/mol. The number of carbonyl (C=O) groups is 2. The number of allylic oxidation sites excluding steroid dienone is 1. The van der Waals surface area contributed by atoms with Crippen molar-refractivity contribution in [1.82, 2.24) is 38.8 Å². The summed E-state index contributed by atoms with van der Waals surface area (Å²) < 4.78 is 158. The SMILES string of the molecule is C1=NCC=C1c1ccc2cnccc2c1.CC(C)(C)OC(=O)C[C@@H](Cc1ccc(C(F)(F)F)cc1)Cn1cc(-c2ccc3cnccc3c2)cn1.CC(C)(C)OC(=O)N1[C@@H](Cc2ccc(C(F)(F)F)cc2)COS1(=O)=O.N[C@@H](Cc1ccc(C(F)(F)F)cc1)Cn1cc(-c2ccc3cnccc3c2)cn1. The number of hydrogen-bond donors (Lipinski definition) is 1. The van der Waals surface area contributed by atoms with E-state index in [2.05, 4.69) is 70.7 Å². The number of benzene rings is 6. The van der Waals surface area contributed by atoms with Gasteiger partial charge in [-0.15, -0.1) is 0 Å². The summed E-state index contributed by atoms with van der Waals surface area (Å²) in [5.74, 6) is -0.568. The summed E-state index contributed by atoms with van der Waals surface area (Å²) in [5.41, 5.74) is 10.8. The second-order valence-electron chi connectivity index (χ2n) is 27.2. The zero-order valence-electron chi connectivity index (χ0n) is 57.9. The van der Waals surface area contributed by atoms with Crippen molar-refractivity contribution in [3.8, 4) is 22.3 Å². The van der Waals surface area contributed by atoms with Crippen LogP contribution < -0.4 is 5.73 Å². The zero-order valence-corrected chi connectivity index (χ0v) is 58.8. The fraction of sp³-hybridized carbons (Fsp3) is 0.282. The number of halogens is 9. The van der Waals surface area contributed by atoms with E-state index in [9.17, 15) is 57.5 Å². The van der Waals surface area contributed by atoms with Crippen LogP contribution in [0, 0.1) is 5.92 Å². The van der Waals surface area contributed by atoms with E-state index >= 15 is 0 Å². The van der Waals surface area contributed by atoms with Crippen LogP contribution in [0.15, 0.2) is 219 Å². The van der Waals surface area contributed by atoms with Gasteiger partial charge in [0.25, 0.3) is 0 Å². The first kappa shape index (κ1) is 77.0.